The van der Waals surface area contributed by atoms with E-state index in [1.165, 1.54) is 0 Å². The maximum Gasteiger partial charge on any atom is 0.251 e. The van der Waals surface area contributed by atoms with Gasteiger partial charge in [0.1, 0.15) is 12.1 Å². The minimum atomic E-state index is -0.561. The molecular formula is C34H36N4O4. The normalized spacial score (nSPS) is 21.8. The summed E-state index contributed by atoms with van der Waals surface area (Å²) < 4.78 is 0. The molecule has 0 saturated heterocycles. The van der Waals surface area contributed by atoms with Crippen molar-refractivity contribution in [2.75, 3.05) is 23.7 Å². The van der Waals surface area contributed by atoms with Crippen LogP contribution in [0.4, 0.5) is 11.4 Å². The van der Waals surface area contributed by atoms with Gasteiger partial charge < -0.3 is 20.4 Å². The highest BCUT2D eigenvalue weighted by Gasteiger charge is 2.37. The number of amides is 4. The zero-order valence-electron chi connectivity index (χ0n) is 23.6. The summed E-state index contributed by atoms with van der Waals surface area (Å²) in [6.45, 7) is 0.977. The van der Waals surface area contributed by atoms with Crippen molar-refractivity contribution in [3.05, 3.63) is 84.0 Å². The molecule has 2 atom stereocenters. The summed E-state index contributed by atoms with van der Waals surface area (Å²) in [5.41, 5.74) is 3.30. The molecule has 4 amide bonds. The molecule has 0 unspecified atom stereocenters. The van der Waals surface area contributed by atoms with Crippen molar-refractivity contribution in [2.45, 2.75) is 50.6 Å². The zero-order chi connectivity index (χ0) is 29.1. The minimum absolute atomic E-state index is 0.0646. The zero-order valence-corrected chi connectivity index (χ0v) is 23.6. The van der Waals surface area contributed by atoms with Crippen molar-refractivity contribution in [1.29, 1.82) is 0 Å². The van der Waals surface area contributed by atoms with Gasteiger partial charge in [-0.15, -0.1) is 0 Å². The highest BCUT2D eigenvalue weighted by atomic mass is 16.2. The summed E-state index contributed by atoms with van der Waals surface area (Å²) in [5.74, 6) is -0.113. The summed E-state index contributed by atoms with van der Waals surface area (Å²) in [6, 6.07) is 14.0. The van der Waals surface area contributed by atoms with E-state index in [2.05, 4.69) is 10.6 Å². The number of rotatable bonds is 8. The molecule has 2 aromatic carbocycles. The van der Waals surface area contributed by atoms with Crippen LogP contribution in [-0.2, 0) is 19.2 Å². The molecule has 0 bridgehead atoms. The first kappa shape index (κ1) is 27.7. The minimum Gasteiger partial charge on any atom is -0.324 e. The lowest BCUT2D eigenvalue weighted by molar-refractivity contribution is -0.141. The van der Waals surface area contributed by atoms with Crippen molar-refractivity contribution in [3.8, 4) is 0 Å². The van der Waals surface area contributed by atoms with E-state index >= 15 is 0 Å². The number of nitrogens with zero attached hydrogens (tertiary/aromatic N) is 2. The standard InChI is InChI=1S/C34H36N4O4/c39-31(29-9-3-21-37(29)33(41)25-5-1-6-25)35-27-17-13-23(14-18-27)11-12-24-15-19-28(20-16-24)36-32(40)30-10-4-22-38(30)34(42)26-7-2-8-26/h3-4,9-20,25-26,29-30H,1-2,5-8,21-22H2,(H,35,39)(H,36,40)/t29-,30-/m0/s1. The van der Waals surface area contributed by atoms with Crippen LogP contribution in [0, 0.1) is 11.8 Å². The molecule has 2 aliphatic carbocycles. The van der Waals surface area contributed by atoms with Crippen LogP contribution in [0.5, 0.6) is 0 Å². The molecule has 6 rings (SSSR count). The van der Waals surface area contributed by atoms with Crippen LogP contribution in [0.25, 0.3) is 12.2 Å². The Morgan fingerprint density at radius 3 is 1.31 bits per heavy atom. The van der Waals surface area contributed by atoms with Gasteiger partial charge in [-0.1, -0.05) is 73.6 Å². The lowest BCUT2D eigenvalue weighted by atomic mass is 9.84. The molecule has 8 heteroatoms. The smallest absolute Gasteiger partial charge is 0.251 e. The van der Waals surface area contributed by atoms with Crippen LogP contribution in [0.3, 0.4) is 0 Å². The molecule has 2 aromatic rings. The quantitative estimate of drug-likeness (QED) is 0.353. The van der Waals surface area contributed by atoms with Gasteiger partial charge in [-0.25, -0.2) is 0 Å². The first-order valence-electron chi connectivity index (χ1n) is 14.9. The molecule has 216 valence electrons. The number of nitrogens with one attached hydrogen (secondary N) is 2. The van der Waals surface area contributed by atoms with Crippen molar-refractivity contribution >= 4 is 47.2 Å². The summed E-state index contributed by atoms with van der Waals surface area (Å²) in [4.78, 5) is 54.5. The summed E-state index contributed by atoms with van der Waals surface area (Å²) in [6.07, 6.45) is 17.2. The van der Waals surface area contributed by atoms with E-state index < -0.39 is 12.1 Å². The monoisotopic (exact) mass is 564 g/mol. The van der Waals surface area contributed by atoms with Crippen LogP contribution >= 0.6 is 0 Å². The van der Waals surface area contributed by atoms with Crippen LogP contribution in [0.1, 0.15) is 49.7 Å². The second-order valence-electron chi connectivity index (χ2n) is 11.5. The SMILES string of the molecule is O=C(Nc1ccc(C=Cc2ccc(NC(=O)[C@@H]3C=CCN3C(=O)C3CCC3)cc2)cc1)[C@@H]1C=CCN1C(=O)C1CCC1. The van der Waals surface area contributed by atoms with Crippen LogP contribution in [-0.4, -0.2) is 58.6 Å². The molecule has 0 spiro atoms. The van der Waals surface area contributed by atoms with Crippen LogP contribution in [0.15, 0.2) is 72.8 Å². The Bertz CT molecular complexity index is 1330. The maximum atomic E-state index is 12.9. The van der Waals surface area contributed by atoms with E-state index in [0.29, 0.717) is 24.5 Å². The van der Waals surface area contributed by atoms with Gasteiger partial charge in [-0.2, -0.15) is 0 Å². The molecule has 2 saturated carbocycles. The lowest BCUT2D eigenvalue weighted by Crippen LogP contribution is -2.47. The summed E-state index contributed by atoms with van der Waals surface area (Å²) >= 11 is 0. The van der Waals surface area contributed by atoms with Gasteiger partial charge in [-0.05, 0) is 61.1 Å². The number of benzene rings is 2. The van der Waals surface area contributed by atoms with Crippen molar-refractivity contribution in [3.63, 3.8) is 0 Å². The first-order valence-corrected chi connectivity index (χ1v) is 14.9. The molecule has 42 heavy (non-hydrogen) atoms. The average molecular weight is 565 g/mol. The summed E-state index contributed by atoms with van der Waals surface area (Å²) in [7, 11) is 0. The van der Waals surface area contributed by atoms with E-state index in [1.54, 1.807) is 22.0 Å². The number of hydrogen-bond donors (Lipinski definition) is 2. The summed E-state index contributed by atoms with van der Waals surface area (Å²) in [5, 5.41) is 5.88. The molecular weight excluding hydrogens is 528 g/mol. The first-order chi connectivity index (χ1) is 20.5. The molecule has 0 radical (unpaired) electrons. The molecule has 4 aliphatic rings. The molecule has 2 aliphatic heterocycles. The highest BCUT2D eigenvalue weighted by Crippen LogP contribution is 2.31. The Labute approximate surface area is 246 Å². The Hall–Kier alpha value is -4.46. The fourth-order valence-corrected chi connectivity index (χ4v) is 5.71. The average Bonchev–Trinajstić information content (AvgIpc) is 3.62. The lowest BCUT2D eigenvalue weighted by Gasteiger charge is -2.32. The van der Waals surface area contributed by atoms with Gasteiger partial charge in [0.2, 0.25) is 11.8 Å². The largest absolute Gasteiger partial charge is 0.324 e. The molecule has 2 N–H and O–H groups in total. The Morgan fingerprint density at radius 1 is 0.595 bits per heavy atom. The Morgan fingerprint density at radius 2 is 0.976 bits per heavy atom. The fraction of sp³-hybridized carbons (Fsp3) is 0.353. The fourth-order valence-electron chi connectivity index (χ4n) is 5.71. The number of anilines is 2. The van der Waals surface area contributed by atoms with Crippen LogP contribution < -0.4 is 10.6 Å². The second kappa shape index (κ2) is 12.2. The highest BCUT2D eigenvalue weighted by molar-refractivity contribution is 6.00. The number of carbonyl (C=O) groups is 4. The molecule has 2 fully saturated rings. The van der Waals surface area contributed by atoms with Gasteiger partial charge in [-0.3, -0.25) is 19.2 Å². The molecule has 0 aromatic heterocycles. The van der Waals surface area contributed by atoms with Gasteiger partial charge >= 0.3 is 0 Å². The van der Waals surface area contributed by atoms with Gasteiger partial charge in [0.05, 0.1) is 0 Å². The van der Waals surface area contributed by atoms with Gasteiger partial charge in [0, 0.05) is 36.3 Å². The number of carbonyl (C=O) groups excluding carboxylic acids is 4. The third-order valence-electron chi connectivity index (χ3n) is 8.75. The second-order valence-corrected chi connectivity index (χ2v) is 11.5. The van der Waals surface area contributed by atoms with Crippen molar-refractivity contribution < 1.29 is 19.2 Å². The van der Waals surface area contributed by atoms with E-state index in [9.17, 15) is 19.2 Å². The van der Waals surface area contributed by atoms with Crippen LogP contribution in [0.2, 0.25) is 0 Å². The topological polar surface area (TPSA) is 98.8 Å². The van der Waals surface area contributed by atoms with E-state index in [0.717, 1.165) is 49.7 Å². The van der Waals surface area contributed by atoms with Crippen molar-refractivity contribution in [1.82, 2.24) is 9.80 Å². The van der Waals surface area contributed by atoms with Gasteiger partial charge in [0.15, 0.2) is 0 Å². The van der Waals surface area contributed by atoms with Crippen molar-refractivity contribution in [2.24, 2.45) is 11.8 Å². The van der Waals surface area contributed by atoms with E-state index in [4.69, 9.17) is 0 Å². The molecule has 8 nitrogen and oxygen atoms in total. The third kappa shape index (κ3) is 5.93. The number of hydrogen-bond acceptors (Lipinski definition) is 4. The molecule has 2 heterocycles. The Balaban J connectivity index is 0.999. The predicted molar refractivity (Wildman–Crippen MR) is 163 cm³/mol. The van der Waals surface area contributed by atoms with E-state index in [1.807, 2.05) is 72.8 Å². The third-order valence-corrected chi connectivity index (χ3v) is 8.75. The van der Waals surface area contributed by atoms with E-state index in [-0.39, 0.29) is 35.5 Å². The van der Waals surface area contributed by atoms with Gasteiger partial charge in [0.25, 0.3) is 11.8 Å². The predicted octanol–water partition coefficient (Wildman–Crippen LogP) is 4.87. The maximum absolute atomic E-state index is 12.9. The Kier molecular flexibility index (Phi) is 8.04.